The SMILES string of the molecule is Cc1cc(C)cc(NC(=S)N2CCC3(CC2)CCN(C(=S)NC2CCCCC2)C3)c1. The van der Waals surface area contributed by atoms with Crippen molar-refractivity contribution in [3.05, 3.63) is 29.3 Å². The van der Waals surface area contributed by atoms with Crippen LogP contribution in [0.3, 0.4) is 0 Å². The predicted octanol–water partition coefficient (Wildman–Crippen LogP) is 5.00. The van der Waals surface area contributed by atoms with Gasteiger partial charge in [-0.1, -0.05) is 25.3 Å². The summed E-state index contributed by atoms with van der Waals surface area (Å²) in [7, 11) is 0. The highest BCUT2D eigenvalue weighted by molar-refractivity contribution is 7.80. The van der Waals surface area contributed by atoms with Crippen LogP contribution in [0.25, 0.3) is 0 Å². The zero-order valence-electron chi connectivity index (χ0n) is 18.5. The second-order valence-corrected chi connectivity index (χ2v) is 10.5. The van der Waals surface area contributed by atoms with Crippen LogP contribution in [0.2, 0.25) is 0 Å². The van der Waals surface area contributed by atoms with E-state index >= 15 is 0 Å². The summed E-state index contributed by atoms with van der Waals surface area (Å²) in [6, 6.07) is 7.12. The number of nitrogens with one attached hydrogen (secondary N) is 2. The van der Waals surface area contributed by atoms with Crippen LogP contribution in [0.4, 0.5) is 5.69 Å². The van der Waals surface area contributed by atoms with Gasteiger partial charge in [-0.05, 0) is 99.1 Å². The number of anilines is 1. The first-order chi connectivity index (χ1) is 14.4. The van der Waals surface area contributed by atoms with Crippen molar-refractivity contribution in [2.24, 2.45) is 5.41 Å². The van der Waals surface area contributed by atoms with Gasteiger partial charge in [0.1, 0.15) is 0 Å². The first kappa shape index (κ1) is 21.8. The molecule has 3 fully saturated rings. The maximum atomic E-state index is 5.78. The number of hydrogen-bond donors (Lipinski definition) is 2. The molecule has 6 heteroatoms. The molecule has 1 aromatic carbocycles. The standard InChI is InChI=1S/C24H36N4S2/c1-18-14-19(2)16-21(15-18)26-22(29)27-11-8-24(9-12-27)10-13-28(17-24)23(30)25-20-6-4-3-5-7-20/h14-16,20H,3-13,17H2,1-2H3,(H,25,30)(H,26,29). The van der Waals surface area contributed by atoms with Gasteiger partial charge in [-0.15, -0.1) is 0 Å². The molecule has 0 amide bonds. The Labute approximate surface area is 192 Å². The van der Waals surface area contributed by atoms with E-state index in [4.69, 9.17) is 24.4 Å². The lowest BCUT2D eigenvalue weighted by Gasteiger charge is -2.40. The average Bonchev–Trinajstić information content (AvgIpc) is 3.12. The number of thiocarbonyl (C=S) groups is 2. The summed E-state index contributed by atoms with van der Waals surface area (Å²) in [5, 5.41) is 8.98. The lowest BCUT2D eigenvalue weighted by Crippen LogP contribution is -2.48. The summed E-state index contributed by atoms with van der Waals surface area (Å²) >= 11 is 11.5. The van der Waals surface area contributed by atoms with Gasteiger partial charge in [0.15, 0.2) is 10.2 Å². The van der Waals surface area contributed by atoms with E-state index in [0.29, 0.717) is 11.5 Å². The third-order valence-corrected chi connectivity index (χ3v) is 7.98. The molecule has 2 N–H and O–H groups in total. The molecule has 1 aromatic rings. The molecule has 0 aromatic heterocycles. The molecular formula is C24H36N4S2. The molecule has 1 spiro atoms. The summed E-state index contributed by atoms with van der Waals surface area (Å²) in [5.74, 6) is 0. The van der Waals surface area contributed by atoms with Gasteiger partial charge in [0.2, 0.25) is 0 Å². The zero-order valence-corrected chi connectivity index (χ0v) is 20.1. The molecule has 1 aliphatic carbocycles. The first-order valence-corrected chi connectivity index (χ1v) is 12.4. The molecule has 4 nitrogen and oxygen atoms in total. The fourth-order valence-electron chi connectivity index (χ4n) is 5.46. The Morgan fingerprint density at radius 2 is 1.47 bits per heavy atom. The van der Waals surface area contributed by atoms with Crippen LogP contribution in [0, 0.1) is 19.3 Å². The molecule has 1 saturated carbocycles. The van der Waals surface area contributed by atoms with Gasteiger partial charge in [-0.2, -0.15) is 0 Å². The Bertz CT molecular complexity index is 759. The summed E-state index contributed by atoms with van der Waals surface area (Å²) in [4.78, 5) is 4.78. The highest BCUT2D eigenvalue weighted by Gasteiger charge is 2.41. The van der Waals surface area contributed by atoms with E-state index in [9.17, 15) is 0 Å². The van der Waals surface area contributed by atoms with Crippen molar-refractivity contribution in [2.45, 2.75) is 71.3 Å². The normalized spacial score (nSPS) is 21.7. The Hall–Kier alpha value is -1.40. The van der Waals surface area contributed by atoms with Crippen molar-refractivity contribution in [3.63, 3.8) is 0 Å². The van der Waals surface area contributed by atoms with Gasteiger partial charge in [-0.3, -0.25) is 0 Å². The van der Waals surface area contributed by atoms with Gasteiger partial charge in [0, 0.05) is 37.9 Å². The van der Waals surface area contributed by atoms with Gasteiger partial charge in [-0.25, -0.2) is 0 Å². The molecule has 0 radical (unpaired) electrons. The minimum absolute atomic E-state index is 0.407. The van der Waals surface area contributed by atoms with Crippen LogP contribution < -0.4 is 10.6 Å². The largest absolute Gasteiger partial charge is 0.360 e. The van der Waals surface area contributed by atoms with Crippen molar-refractivity contribution < 1.29 is 0 Å². The van der Waals surface area contributed by atoms with E-state index in [2.05, 4.69) is 52.5 Å². The predicted molar refractivity (Wildman–Crippen MR) is 134 cm³/mol. The molecule has 30 heavy (non-hydrogen) atoms. The van der Waals surface area contributed by atoms with E-state index < -0.39 is 0 Å². The van der Waals surface area contributed by atoms with Gasteiger partial charge in [0.25, 0.3) is 0 Å². The van der Waals surface area contributed by atoms with E-state index in [1.807, 2.05) is 0 Å². The number of aryl methyl sites for hydroxylation is 2. The lowest BCUT2D eigenvalue weighted by atomic mass is 9.78. The Kier molecular flexibility index (Phi) is 6.83. The maximum Gasteiger partial charge on any atom is 0.173 e. The van der Waals surface area contributed by atoms with Crippen LogP contribution in [0.5, 0.6) is 0 Å². The number of benzene rings is 1. The molecular weight excluding hydrogens is 408 g/mol. The quantitative estimate of drug-likeness (QED) is 0.625. The van der Waals surface area contributed by atoms with Crippen LogP contribution in [-0.4, -0.2) is 52.2 Å². The molecule has 4 rings (SSSR count). The van der Waals surface area contributed by atoms with Crippen molar-refractivity contribution in [1.82, 2.24) is 15.1 Å². The number of piperidine rings is 1. The molecule has 164 valence electrons. The van der Waals surface area contributed by atoms with Gasteiger partial charge < -0.3 is 20.4 Å². The summed E-state index contributed by atoms with van der Waals surface area (Å²) in [6.45, 7) is 8.54. The van der Waals surface area contributed by atoms with Crippen LogP contribution in [-0.2, 0) is 0 Å². The van der Waals surface area contributed by atoms with Crippen LogP contribution >= 0.6 is 24.4 Å². The second kappa shape index (κ2) is 9.39. The summed E-state index contributed by atoms with van der Waals surface area (Å²) < 4.78 is 0. The molecule has 2 aliphatic heterocycles. The third kappa shape index (κ3) is 5.25. The fraction of sp³-hybridized carbons (Fsp3) is 0.667. The van der Waals surface area contributed by atoms with Crippen molar-refractivity contribution >= 4 is 40.3 Å². The average molecular weight is 445 g/mol. The van der Waals surface area contributed by atoms with E-state index in [-0.39, 0.29) is 0 Å². The van der Waals surface area contributed by atoms with Crippen molar-refractivity contribution in [1.29, 1.82) is 0 Å². The maximum absolute atomic E-state index is 5.78. The zero-order chi connectivity index (χ0) is 21.1. The highest BCUT2D eigenvalue weighted by Crippen LogP contribution is 2.40. The molecule has 0 atom stereocenters. The minimum atomic E-state index is 0.407. The monoisotopic (exact) mass is 444 g/mol. The Morgan fingerprint density at radius 3 is 2.10 bits per heavy atom. The van der Waals surface area contributed by atoms with Crippen molar-refractivity contribution in [3.8, 4) is 0 Å². The lowest BCUT2D eigenvalue weighted by molar-refractivity contribution is 0.161. The van der Waals surface area contributed by atoms with E-state index in [1.165, 1.54) is 62.5 Å². The molecule has 2 heterocycles. The highest BCUT2D eigenvalue weighted by atomic mass is 32.1. The molecule has 2 saturated heterocycles. The van der Waals surface area contributed by atoms with E-state index in [1.54, 1.807) is 0 Å². The molecule has 0 bridgehead atoms. The van der Waals surface area contributed by atoms with Crippen LogP contribution in [0.15, 0.2) is 18.2 Å². The number of likely N-dealkylation sites (tertiary alicyclic amines) is 2. The van der Waals surface area contributed by atoms with Crippen LogP contribution in [0.1, 0.15) is 62.5 Å². The number of nitrogens with zero attached hydrogens (tertiary/aromatic N) is 2. The van der Waals surface area contributed by atoms with Crippen molar-refractivity contribution in [2.75, 3.05) is 31.5 Å². The summed E-state index contributed by atoms with van der Waals surface area (Å²) in [6.07, 6.45) is 10.3. The number of rotatable bonds is 2. The van der Waals surface area contributed by atoms with E-state index in [0.717, 1.165) is 42.1 Å². The minimum Gasteiger partial charge on any atom is -0.360 e. The Morgan fingerprint density at radius 1 is 0.867 bits per heavy atom. The third-order valence-electron chi connectivity index (χ3n) is 7.24. The molecule has 0 unspecified atom stereocenters. The first-order valence-electron chi connectivity index (χ1n) is 11.6. The Balaban J connectivity index is 1.26. The smallest absolute Gasteiger partial charge is 0.173 e. The second-order valence-electron chi connectivity index (χ2n) is 9.75. The number of hydrogen-bond acceptors (Lipinski definition) is 2. The fourth-order valence-corrected chi connectivity index (χ4v) is 6.09. The summed E-state index contributed by atoms with van der Waals surface area (Å²) in [5.41, 5.74) is 4.04. The van der Waals surface area contributed by atoms with Gasteiger partial charge >= 0.3 is 0 Å². The van der Waals surface area contributed by atoms with Gasteiger partial charge in [0.05, 0.1) is 0 Å². The topological polar surface area (TPSA) is 30.5 Å². The molecule has 3 aliphatic rings.